The van der Waals surface area contributed by atoms with E-state index in [9.17, 15) is 14.0 Å². The highest BCUT2D eigenvalue weighted by molar-refractivity contribution is 5.88. The van der Waals surface area contributed by atoms with E-state index in [4.69, 9.17) is 5.11 Å². The molecule has 0 radical (unpaired) electrons. The largest absolute Gasteiger partial charge is 0.478 e. The zero-order valence-corrected chi connectivity index (χ0v) is 10.6. The van der Waals surface area contributed by atoms with Crippen LogP contribution in [0.4, 0.5) is 10.1 Å². The van der Waals surface area contributed by atoms with Crippen molar-refractivity contribution in [2.45, 2.75) is 6.42 Å². The maximum Gasteiger partial charge on any atom is 0.335 e. The molecule has 0 atom stereocenters. The van der Waals surface area contributed by atoms with E-state index in [2.05, 4.69) is 0 Å². The van der Waals surface area contributed by atoms with Crippen molar-refractivity contribution in [1.82, 2.24) is 4.90 Å². The number of carboxylic acid groups (broad SMARTS) is 1. The Labute approximate surface area is 110 Å². The third-order valence-electron chi connectivity index (χ3n) is 3.21. The molecular formula is C13H15FN2O3. The number of hydrogen-bond donors (Lipinski definition) is 1. The Morgan fingerprint density at radius 2 is 2.11 bits per heavy atom. The minimum Gasteiger partial charge on any atom is -0.478 e. The van der Waals surface area contributed by atoms with Crippen molar-refractivity contribution in [3.05, 3.63) is 29.6 Å². The van der Waals surface area contributed by atoms with Crippen molar-refractivity contribution in [2.24, 2.45) is 0 Å². The summed E-state index contributed by atoms with van der Waals surface area (Å²) >= 11 is 0. The Morgan fingerprint density at radius 1 is 1.37 bits per heavy atom. The maximum absolute atomic E-state index is 13.9. The number of nitrogens with zero attached hydrogens (tertiary/aromatic N) is 2. The lowest BCUT2D eigenvalue weighted by Crippen LogP contribution is -2.34. The molecule has 0 bridgehead atoms. The second-order valence-electron chi connectivity index (χ2n) is 4.56. The number of aromatic carboxylic acids is 1. The highest BCUT2D eigenvalue weighted by Crippen LogP contribution is 2.22. The van der Waals surface area contributed by atoms with Gasteiger partial charge in [0.25, 0.3) is 0 Å². The molecule has 1 amide bonds. The number of hydrogen-bond acceptors (Lipinski definition) is 3. The second kappa shape index (κ2) is 5.26. The van der Waals surface area contributed by atoms with Crippen LogP contribution in [0.1, 0.15) is 16.8 Å². The standard InChI is InChI=1S/C13H15FN2O3/c1-15-5-2-6-16(8-12(15)17)11-4-3-9(13(18)19)7-10(11)14/h3-4,7H,2,5-6,8H2,1H3,(H,18,19). The molecule has 1 N–H and O–H groups in total. The maximum atomic E-state index is 13.9. The summed E-state index contributed by atoms with van der Waals surface area (Å²) in [6, 6.07) is 3.74. The van der Waals surface area contributed by atoms with Crippen LogP contribution in [-0.2, 0) is 4.79 Å². The van der Waals surface area contributed by atoms with E-state index in [1.807, 2.05) is 0 Å². The van der Waals surface area contributed by atoms with Gasteiger partial charge in [0.15, 0.2) is 0 Å². The predicted octanol–water partition coefficient (Wildman–Crippen LogP) is 1.19. The van der Waals surface area contributed by atoms with Crippen LogP contribution >= 0.6 is 0 Å². The first-order valence-corrected chi connectivity index (χ1v) is 6.01. The minimum absolute atomic E-state index is 0.0702. The second-order valence-corrected chi connectivity index (χ2v) is 4.56. The van der Waals surface area contributed by atoms with Gasteiger partial charge in [0.2, 0.25) is 5.91 Å². The molecule has 1 saturated heterocycles. The van der Waals surface area contributed by atoms with Gasteiger partial charge in [-0.3, -0.25) is 4.79 Å². The smallest absolute Gasteiger partial charge is 0.335 e. The summed E-state index contributed by atoms with van der Waals surface area (Å²) in [6.07, 6.45) is 0.752. The molecular weight excluding hydrogens is 251 g/mol. The molecule has 1 fully saturated rings. The molecule has 19 heavy (non-hydrogen) atoms. The van der Waals surface area contributed by atoms with Crippen LogP contribution in [0, 0.1) is 5.82 Å². The van der Waals surface area contributed by atoms with Gasteiger partial charge in [-0.25, -0.2) is 9.18 Å². The van der Waals surface area contributed by atoms with Crippen LogP contribution in [-0.4, -0.2) is 48.6 Å². The van der Waals surface area contributed by atoms with Crippen molar-refractivity contribution in [2.75, 3.05) is 31.6 Å². The molecule has 102 valence electrons. The third-order valence-corrected chi connectivity index (χ3v) is 3.21. The van der Waals surface area contributed by atoms with Crippen molar-refractivity contribution in [3.63, 3.8) is 0 Å². The van der Waals surface area contributed by atoms with Gasteiger partial charge in [0.05, 0.1) is 17.8 Å². The molecule has 1 aromatic rings. The summed E-state index contributed by atoms with van der Waals surface area (Å²) in [5.74, 6) is -1.85. The highest BCUT2D eigenvalue weighted by atomic mass is 19.1. The number of benzene rings is 1. The Bertz CT molecular complexity index is 519. The number of amides is 1. The predicted molar refractivity (Wildman–Crippen MR) is 67.8 cm³/mol. The van der Waals surface area contributed by atoms with Gasteiger partial charge in [0, 0.05) is 20.1 Å². The monoisotopic (exact) mass is 266 g/mol. The summed E-state index contributed by atoms with van der Waals surface area (Å²) in [6.45, 7) is 1.32. The number of carbonyl (C=O) groups is 2. The summed E-state index contributed by atoms with van der Waals surface area (Å²) in [5.41, 5.74) is 0.174. The number of anilines is 1. The van der Waals surface area contributed by atoms with Crippen molar-refractivity contribution in [1.29, 1.82) is 0 Å². The molecule has 0 aliphatic carbocycles. The summed E-state index contributed by atoms with van der Waals surface area (Å²) < 4.78 is 13.9. The lowest BCUT2D eigenvalue weighted by molar-refractivity contribution is -0.127. The molecule has 1 aliphatic heterocycles. The quantitative estimate of drug-likeness (QED) is 0.873. The van der Waals surface area contributed by atoms with Crippen LogP contribution in [0.15, 0.2) is 18.2 Å². The molecule has 0 unspecified atom stereocenters. The number of likely N-dealkylation sites (N-methyl/N-ethyl adjacent to an activating group) is 1. The normalized spacial score (nSPS) is 16.4. The average Bonchev–Trinajstić information content (AvgIpc) is 2.52. The van der Waals surface area contributed by atoms with E-state index in [1.165, 1.54) is 12.1 Å². The van der Waals surface area contributed by atoms with Gasteiger partial charge in [-0.05, 0) is 24.6 Å². The van der Waals surface area contributed by atoms with E-state index in [1.54, 1.807) is 16.8 Å². The topological polar surface area (TPSA) is 60.9 Å². The van der Waals surface area contributed by atoms with E-state index < -0.39 is 11.8 Å². The Kier molecular flexibility index (Phi) is 3.69. The Hall–Kier alpha value is -2.11. The van der Waals surface area contributed by atoms with Crippen LogP contribution in [0.2, 0.25) is 0 Å². The first-order chi connectivity index (χ1) is 8.99. The summed E-state index contributed by atoms with van der Waals surface area (Å²) in [5, 5.41) is 8.79. The molecule has 1 aromatic carbocycles. The van der Waals surface area contributed by atoms with Crippen molar-refractivity contribution >= 4 is 17.6 Å². The van der Waals surface area contributed by atoms with Crippen molar-refractivity contribution in [3.8, 4) is 0 Å². The molecule has 1 aliphatic rings. The van der Waals surface area contributed by atoms with Crippen LogP contribution in [0.3, 0.4) is 0 Å². The lowest BCUT2D eigenvalue weighted by Gasteiger charge is -2.22. The van der Waals surface area contributed by atoms with Gasteiger partial charge < -0.3 is 14.9 Å². The molecule has 2 rings (SSSR count). The fourth-order valence-corrected chi connectivity index (χ4v) is 2.09. The van der Waals surface area contributed by atoms with Crippen LogP contribution in [0.5, 0.6) is 0 Å². The first-order valence-electron chi connectivity index (χ1n) is 6.01. The number of rotatable bonds is 2. The van der Waals surface area contributed by atoms with Gasteiger partial charge in [-0.15, -0.1) is 0 Å². The Morgan fingerprint density at radius 3 is 2.74 bits per heavy atom. The van der Waals surface area contributed by atoms with E-state index >= 15 is 0 Å². The molecule has 1 heterocycles. The summed E-state index contributed by atoms with van der Waals surface area (Å²) in [7, 11) is 1.72. The number of carboxylic acids is 1. The van der Waals surface area contributed by atoms with Crippen LogP contribution < -0.4 is 4.90 Å². The average molecular weight is 266 g/mol. The summed E-state index contributed by atoms with van der Waals surface area (Å²) in [4.78, 5) is 25.8. The number of halogens is 1. The third kappa shape index (κ3) is 2.83. The van der Waals surface area contributed by atoms with Gasteiger partial charge in [0.1, 0.15) is 5.82 Å². The molecule has 6 heteroatoms. The SMILES string of the molecule is CN1CCCN(c2ccc(C(=O)O)cc2F)CC1=O. The number of carbonyl (C=O) groups excluding carboxylic acids is 1. The zero-order valence-electron chi connectivity index (χ0n) is 10.6. The fraction of sp³-hybridized carbons (Fsp3) is 0.385. The lowest BCUT2D eigenvalue weighted by atomic mass is 10.2. The highest BCUT2D eigenvalue weighted by Gasteiger charge is 2.21. The van der Waals surface area contributed by atoms with E-state index in [-0.39, 0.29) is 23.7 Å². The van der Waals surface area contributed by atoms with Crippen molar-refractivity contribution < 1.29 is 19.1 Å². The zero-order chi connectivity index (χ0) is 14.0. The molecule has 0 aromatic heterocycles. The van der Waals surface area contributed by atoms with Gasteiger partial charge in [-0.1, -0.05) is 0 Å². The molecule has 5 nitrogen and oxygen atoms in total. The Balaban J connectivity index is 2.26. The van der Waals surface area contributed by atoms with Gasteiger partial charge >= 0.3 is 5.97 Å². The van der Waals surface area contributed by atoms with E-state index in [0.29, 0.717) is 13.1 Å². The van der Waals surface area contributed by atoms with Gasteiger partial charge in [-0.2, -0.15) is 0 Å². The van der Waals surface area contributed by atoms with E-state index in [0.717, 1.165) is 12.5 Å². The minimum atomic E-state index is -1.17. The first kappa shape index (κ1) is 13.3. The molecule has 0 spiro atoms. The molecule has 0 saturated carbocycles. The van der Waals surface area contributed by atoms with Crippen LogP contribution in [0.25, 0.3) is 0 Å². The fourth-order valence-electron chi connectivity index (χ4n) is 2.09.